The fraction of sp³-hybridized carbons (Fsp3) is 0.345. The van der Waals surface area contributed by atoms with Crippen molar-refractivity contribution in [3.63, 3.8) is 0 Å². The molecule has 1 aromatic heterocycles. The van der Waals surface area contributed by atoms with Crippen molar-refractivity contribution in [2.24, 2.45) is 0 Å². The molecule has 1 unspecified atom stereocenters. The Morgan fingerprint density at radius 2 is 1.95 bits per heavy atom. The molecule has 2 aromatic carbocycles. The van der Waals surface area contributed by atoms with Gasteiger partial charge in [-0.15, -0.1) is 0 Å². The summed E-state index contributed by atoms with van der Waals surface area (Å²) in [6.45, 7) is 10.1. The number of aromatic nitrogens is 2. The molecular formula is C29H36FN5O3. The highest BCUT2D eigenvalue weighted by Crippen LogP contribution is 2.25. The molecule has 1 heterocycles. The molecule has 0 saturated heterocycles. The van der Waals surface area contributed by atoms with Crippen LogP contribution in [0.4, 0.5) is 4.39 Å². The van der Waals surface area contributed by atoms with E-state index in [-0.39, 0.29) is 17.6 Å². The molecule has 3 N–H and O–H groups in total. The first-order chi connectivity index (χ1) is 18.4. The van der Waals surface area contributed by atoms with Crippen LogP contribution in [0.5, 0.6) is 5.75 Å². The molecule has 202 valence electrons. The van der Waals surface area contributed by atoms with Crippen LogP contribution in [-0.4, -0.2) is 59.4 Å². The van der Waals surface area contributed by atoms with Crippen LogP contribution < -0.4 is 15.4 Å². The smallest absolute Gasteiger partial charge is 0.251 e. The Morgan fingerprint density at radius 1 is 1.16 bits per heavy atom. The summed E-state index contributed by atoms with van der Waals surface area (Å²) in [6, 6.07) is 12.0. The topological polar surface area (TPSA) is 99.3 Å². The van der Waals surface area contributed by atoms with Crippen molar-refractivity contribution >= 4 is 11.8 Å². The summed E-state index contributed by atoms with van der Waals surface area (Å²) in [7, 11) is 0. The monoisotopic (exact) mass is 521 g/mol. The number of nitrogens with zero attached hydrogens (tertiary/aromatic N) is 2. The summed E-state index contributed by atoms with van der Waals surface area (Å²) >= 11 is 0. The molecule has 0 spiro atoms. The van der Waals surface area contributed by atoms with E-state index >= 15 is 0 Å². The molecule has 8 nitrogen and oxygen atoms in total. The molecule has 3 rings (SSSR count). The van der Waals surface area contributed by atoms with Crippen molar-refractivity contribution in [2.75, 3.05) is 32.7 Å². The maximum absolute atomic E-state index is 14.5. The van der Waals surface area contributed by atoms with Crippen molar-refractivity contribution in [3.05, 3.63) is 95.8 Å². The average Bonchev–Trinajstić information content (AvgIpc) is 3.43. The second-order valence-corrected chi connectivity index (χ2v) is 9.02. The van der Waals surface area contributed by atoms with E-state index in [4.69, 9.17) is 4.74 Å². The third-order valence-electron chi connectivity index (χ3n) is 6.07. The van der Waals surface area contributed by atoms with E-state index in [9.17, 15) is 14.0 Å². The summed E-state index contributed by atoms with van der Waals surface area (Å²) in [5.41, 5.74) is 2.75. The van der Waals surface area contributed by atoms with E-state index < -0.39 is 6.10 Å². The zero-order valence-electron chi connectivity index (χ0n) is 22.0. The van der Waals surface area contributed by atoms with E-state index in [1.54, 1.807) is 49.8 Å². The number of ether oxygens (including phenoxy) is 1. The van der Waals surface area contributed by atoms with Crippen LogP contribution in [-0.2, 0) is 11.2 Å². The van der Waals surface area contributed by atoms with Crippen LogP contribution in [0.2, 0.25) is 0 Å². The Labute approximate surface area is 223 Å². The van der Waals surface area contributed by atoms with Crippen molar-refractivity contribution in [2.45, 2.75) is 32.8 Å². The minimum absolute atomic E-state index is 0.177. The molecule has 3 aromatic rings. The van der Waals surface area contributed by atoms with Gasteiger partial charge >= 0.3 is 0 Å². The number of amides is 2. The van der Waals surface area contributed by atoms with E-state index in [2.05, 4.69) is 39.0 Å². The minimum atomic E-state index is -0.458. The van der Waals surface area contributed by atoms with Crippen LogP contribution >= 0.6 is 0 Å². The molecule has 0 radical (unpaired) electrons. The third-order valence-corrected chi connectivity index (χ3v) is 6.07. The van der Waals surface area contributed by atoms with Gasteiger partial charge in [0.25, 0.3) is 5.91 Å². The first-order valence-electron chi connectivity index (χ1n) is 12.8. The van der Waals surface area contributed by atoms with Gasteiger partial charge in [-0.3, -0.25) is 14.5 Å². The summed E-state index contributed by atoms with van der Waals surface area (Å²) in [5, 5.41) is 5.69. The number of hydrogen-bond acceptors (Lipinski definition) is 5. The fourth-order valence-corrected chi connectivity index (χ4v) is 3.96. The lowest BCUT2D eigenvalue weighted by Crippen LogP contribution is -2.38. The number of benzene rings is 2. The Balaban J connectivity index is 1.68. The second-order valence-electron chi connectivity index (χ2n) is 9.02. The predicted octanol–water partition coefficient (Wildman–Crippen LogP) is 3.96. The molecule has 0 saturated carbocycles. The van der Waals surface area contributed by atoms with Crippen LogP contribution in [0.15, 0.2) is 67.6 Å². The number of halogens is 1. The van der Waals surface area contributed by atoms with E-state index in [1.807, 2.05) is 6.07 Å². The summed E-state index contributed by atoms with van der Waals surface area (Å²) in [6.07, 6.45) is 5.70. The molecule has 0 aliphatic carbocycles. The Hall–Kier alpha value is -3.98. The number of rotatable bonds is 15. The second kappa shape index (κ2) is 14.7. The van der Waals surface area contributed by atoms with Gasteiger partial charge in [0, 0.05) is 50.1 Å². The van der Waals surface area contributed by atoms with Gasteiger partial charge < -0.3 is 20.4 Å². The van der Waals surface area contributed by atoms with E-state index in [0.717, 1.165) is 18.7 Å². The average molecular weight is 522 g/mol. The number of carbonyl (C=O) groups is 2. The molecule has 0 aliphatic rings. The summed E-state index contributed by atoms with van der Waals surface area (Å²) in [5.74, 6) is -0.121. The molecule has 9 heteroatoms. The van der Waals surface area contributed by atoms with E-state index in [1.165, 1.54) is 12.1 Å². The minimum Gasteiger partial charge on any atom is -0.484 e. The van der Waals surface area contributed by atoms with Crippen LogP contribution in [0, 0.1) is 12.7 Å². The predicted molar refractivity (Wildman–Crippen MR) is 146 cm³/mol. The first kappa shape index (κ1) is 28.6. The molecule has 0 aliphatic heterocycles. The summed E-state index contributed by atoms with van der Waals surface area (Å²) in [4.78, 5) is 33.2. The van der Waals surface area contributed by atoms with E-state index in [0.29, 0.717) is 55.0 Å². The van der Waals surface area contributed by atoms with Gasteiger partial charge in [0.05, 0.1) is 6.33 Å². The largest absolute Gasteiger partial charge is 0.484 e. The highest BCUT2D eigenvalue weighted by atomic mass is 19.1. The molecule has 1 atom stereocenters. The Kier molecular flexibility index (Phi) is 11.0. The SMILES string of the molecule is C=CC(=O)NCCN(CCC)CC(Oc1ccc(C(=O)NCCc2cnc[nH]2)cc1)c1ccc(C)c(F)c1. The first-order valence-corrected chi connectivity index (χ1v) is 12.8. The van der Waals surface area contributed by atoms with Gasteiger partial charge in [-0.1, -0.05) is 25.6 Å². The Bertz CT molecular complexity index is 1180. The normalized spacial score (nSPS) is 11.7. The van der Waals surface area contributed by atoms with Gasteiger partial charge in [0.2, 0.25) is 5.91 Å². The number of aromatic amines is 1. The van der Waals surface area contributed by atoms with Crippen LogP contribution in [0.25, 0.3) is 0 Å². The number of carbonyl (C=O) groups excluding carboxylic acids is 2. The van der Waals surface area contributed by atoms with Crippen LogP contribution in [0.3, 0.4) is 0 Å². The van der Waals surface area contributed by atoms with Gasteiger partial charge in [-0.2, -0.15) is 0 Å². The number of imidazole rings is 1. The molecular weight excluding hydrogens is 485 g/mol. The Morgan fingerprint density at radius 3 is 2.61 bits per heavy atom. The number of nitrogens with one attached hydrogen (secondary N) is 3. The maximum Gasteiger partial charge on any atom is 0.251 e. The van der Waals surface area contributed by atoms with Gasteiger partial charge in [0.1, 0.15) is 17.7 Å². The lowest BCUT2D eigenvalue weighted by Gasteiger charge is -2.28. The number of H-pyrrole nitrogens is 1. The highest BCUT2D eigenvalue weighted by molar-refractivity contribution is 5.94. The quantitative estimate of drug-likeness (QED) is 0.263. The maximum atomic E-state index is 14.5. The van der Waals surface area contributed by atoms with Gasteiger partial charge in [0.15, 0.2) is 0 Å². The highest BCUT2D eigenvalue weighted by Gasteiger charge is 2.20. The zero-order valence-corrected chi connectivity index (χ0v) is 22.0. The molecule has 0 bridgehead atoms. The van der Waals surface area contributed by atoms with Crippen molar-refractivity contribution in [1.82, 2.24) is 25.5 Å². The molecule has 0 fully saturated rings. The third kappa shape index (κ3) is 8.85. The molecule has 38 heavy (non-hydrogen) atoms. The van der Waals surface area contributed by atoms with Gasteiger partial charge in [-0.05, 0) is 67.4 Å². The fourth-order valence-electron chi connectivity index (χ4n) is 3.96. The summed E-state index contributed by atoms with van der Waals surface area (Å²) < 4.78 is 20.8. The number of hydrogen-bond donors (Lipinski definition) is 3. The van der Waals surface area contributed by atoms with Crippen LogP contribution in [0.1, 0.15) is 46.6 Å². The lowest BCUT2D eigenvalue weighted by atomic mass is 10.1. The van der Waals surface area contributed by atoms with Crippen molar-refractivity contribution in [1.29, 1.82) is 0 Å². The van der Waals surface area contributed by atoms with Gasteiger partial charge in [-0.25, -0.2) is 9.37 Å². The molecule has 2 amide bonds. The zero-order chi connectivity index (χ0) is 27.3. The standard InChI is InChI=1S/C29H36FN5O3/c1-4-15-35(16-14-32-28(36)5-2)19-27(23-7-6-21(3)26(30)17-23)38-25-10-8-22(9-11-25)29(37)33-13-12-24-18-31-20-34-24/h5-11,17-18,20,27H,2,4,12-16,19H2,1,3H3,(H,31,34)(H,32,36)(H,33,37). The van der Waals surface area contributed by atoms with Crippen molar-refractivity contribution < 1.29 is 18.7 Å². The van der Waals surface area contributed by atoms with Crippen molar-refractivity contribution in [3.8, 4) is 5.75 Å². The number of aryl methyl sites for hydroxylation is 1. The lowest BCUT2D eigenvalue weighted by molar-refractivity contribution is -0.116.